The highest BCUT2D eigenvalue weighted by Crippen LogP contribution is 2.32. The fourth-order valence-electron chi connectivity index (χ4n) is 3.70. The number of ether oxygens (including phenoxy) is 1. The number of hydrogen-bond acceptors (Lipinski definition) is 3. The van der Waals surface area contributed by atoms with Crippen LogP contribution in [-0.4, -0.2) is 35.5 Å². The summed E-state index contributed by atoms with van der Waals surface area (Å²) in [6.07, 6.45) is 7.16. The van der Waals surface area contributed by atoms with E-state index in [9.17, 15) is 5.11 Å². The van der Waals surface area contributed by atoms with Gasteiger partial charge in [0.25, 0.3) is 0 Å². The van der Waals surface area contributed by atoms with Gasteiger partial charge in [0.05, 0.1) is 17.8 Å². The molecule has 18 heavy (non-hydrogen) atoms. The Kier molecular flexibility index (Phi) is 4.68. The number of nitrogens with one attached hydrogen (secondary N) is 1. The van der Waals surface area contributed by atoms with Gasteiger partial charge >= 0.3 is 0 Å². The Labute approximate surface area is 111 Å². The van der Waals surface area contributed by atoms with E-state index in [1.165, 1.54) is 12.8 Å². The van der Waals surface area contributed by atoms with Crippen LogP contribution in [0.15, 0.2) is 0 Å². The normalized spacial score (nSPS) is 46.0. The SMILES string of the molecule is CC1CCCC(O)(CNC2CC(C)OC(C)C2)C1. The van der Waals surface area contributed by atoms with E-state index in [0.29, 0.717) is 24.2 Å². The van der Waals surface area contributed by atoms with E-state index in [1.54, 1.807) is 0 Å². The number of rotatable bonds is 3. The summed E-state index contributed by atoms with van der Waals surface area (Å²) >= 11 is 0. The highest BCUT2D eigenvalue weighted by molar-refractivity contribution is 4.89. The van der Waals surface area contributed by atoms with Crippen molar-refractivity contribution < 1.29 is 9.84 Å². The van der Waals surface area contributed by atoms with Crippen molar-refractivity contribution in [2.45, 2.75) is 83.1 Å². The molecule has 1 saturated carbocycles. The second-order valence-electron chi connectivity index (χ2n) is 6.73. The lowest BCUT2D eigenvalue weighted by atomic mass is 9.78. The first kappa shape index (κ1) is 14.3. The summed E-state index contributed by atoms with van der Waals surface area (Å²) in [5.74, 6) is 0.665. The first-order chi connectivity index (χ1) is 8.47. The summed E-state index contributed by atoms with van der Waals surface area (Å²) < 4.78 is 5.75. The Bertz CT molecular complexity index is 261. The van der Waals surface area contributed by atoms with Crippen LogP contribution in [0.25, 0.3) is 0 Å². The van der Waals surface area contributed by atoms with Gasteiger partial charge in [-0.3, -0.25) is 0 Å². The smallest absolute Gasteiger partial charge is 0.0774 e. The van der Waals surface area contributed by atoms with Gasteiger partial charge < -0.3 is 15.2 Å². The summed E-state index contributed by atoms with van der Waals surface area (Å²) in [7, 11) is 0. The molecule has 1 aliphatic heterocycles. The first-order valence-corrected chi connectivity index (χ1v) is 7.58. The predicted molar refractivity (Wildman–Crippen MR) is 73.6 cm³/mol. The van der Waals surface area contributed by atoms with Gasteiger partial charge in [-0.05, 0) is 45.4 Å². The highest BCUT2D eigenvalue weighted by Gasteiger charge is 2.34. The minimum Gasteiger partial charge on any atom is -0.389 e. The average molecular weight is 255 g/mol. The lowest BCUT2D eigenvalue weighted by Crippen LogP contribution is -2.50. The van der Waals surface area contributed by atoms with Crippen LogP contribution < -0.4 is 5.32 Å². The summed E-state index contributed by atoms with van der Waals surface area (Å²) in [4.78, 5) is 0. The maximum Gasteiger partial charge on any atom is 0.0774 e. The molecule has 1 aliphatic carbocycles. The zero-order valence-corrected chi connectivity index (χ0v) is 12.1. The van der Waals surface area contributed by atoms with Crippen molar-refractivity contribution in [3.8, 4) is 0 Å². The van der Waals surface area contributed by atoms with E-state index in [0.717, 1.165) is 32.2 Å². The van der Waals surface area contributed by atoms with Gasteiger partial charge in [-0.2, -0.15) is 0 Å². The number of hydrogen-bond donors (Lipinski definition) is 2. The molecule has 0 spiro atoms. The van der Waals surface area contributed by atoms with Gasteiger partial charge in [0.1, 0.15) is 0 Å². The molecule has 0 aromatic heterocycles. The van der Waals surface area contributed by atoms with Gasteiger partial charge in [0.15, 0.2) is 0 Å². The molecule has 1 saturated heterocycles. The topological polar surface area (TPSA) is 41.5 Å². The van der Waals surface area contributed by atoms with Crippen LogP contribution in [0.1, 0.15) is 59.3 Å². The largest absolute Gasteiger partial charge is 0.389 e. The molecule has 3 nitrogen and oxygen atoms in total. The Hall–Kier alpha value is -0.120. The van der Waals surface area contributed by atoms with E-state index >= 15 is 0 Å². The van der Waals surface area contributed by atoms with E-state index in [2.05, 4.69) is 26.1 Å². The van der Waals surface area contributed by atoms with Crippen molar-refractivity contribution in [1.29, 1.82) is 0 Å². The summed E-state index contributed by atoms with van der Waals surface area (Å²) in [6, 6.07) is 0.505. The third-order valence-corrected chi connectivity index (χ3v) is 4.48. The molecule has 106 valence electrons. The van der Waals surface area contributed by atoms with Crippen LogP contribution in [0.4, 0.5) is 0 Å². The van der Waals surface area contributed by atoms with Crippen molar-refractivity contribution in [2.24, 2.45) is 5.92 Å². The molecule has 2 aliphatic rings. The van der Waals surface area contributed by atoms with Gasteiger partial charge in [0, 0.05) is 12.6 Å². The van der Waals surface area contributed by atoms with Gasteiger partial charge in [-0.1, -0.05) is 19.8 Å². The van der Waals surface area contributed by atoms with Crippen LogP contribution in [0.2, 0.25) is 0 Å². The van der Waals surface area contributed by atoms with Crippen LogP contribution in [0.3, 0.4) is 0 Å². The minimum absolute atomic E-state index is 0.339. The molecule has 0 aromatic carbocycles. The van der Waals surface area contributed by atoms with Crippen molar-refractivity contribution in [2.75, 3.05) is 6.54 Å². The van der Waals surface area contributed by atoms with E-state index in [4.69, 9.17) is 4.74 Å². The zero-order chi connectivity index (χ0) is 13.2. The molecule has 4 unspecified atom stereocenters. The molecule has 2 fully saturated rings. The quantitative estimate of drug-likeness (QED) is 0.814. The average Bonchev–Trinajstić information content (AvgIpc) is 2.25. The minimum atomic E-state index is -0.470. The molecule has 0 radical (unpaired) electrons. The maximum atomic E-state index is 10.6. The second-order valence-corrected chi connectivity index (χ2v) is 6.73. The molecule has 2 rings (SSSR count). The van der Waals surface area contributed by atoms with Crippen molar-refractivity contribution in [1.82, 2.24) is 5.32 Å². The molecule has 3 heteroatoms. The lowest BCUT2D eigenvalue weighted by molar-refractivity contribution is -0.0524. The third kappa shape index (κ3) is 3.94. The Morgan fingerprint density at radius 2 is 1.89 bits per heavy atom. The Balaban J connectivity index is 1.79. The Morgan fingerprint density at radius 3 is 2.50 bits per heavy atom. The summed E-state index contributed by atoms with van der Waals surface area (Å²) in [6.45, 7) is 7.29. The molecule has 0 bridgehead atoms. The third-order valence-electron chi connectivity index (χ3n) is 4.48. The maximum absolute atomic E-state index is 10.6. The summed E-state index contributed by atoms with van der Waals surface area (Å²) in [5.41, 5.74) is -0.470. The fraction of sp³-hybridized carbons (Fsp3) is 1.00. The summed E-state index contributed by atoms with van der Waals surface area (Å²) in [5, 5.41) is 14.2. The molecule has 0 amide bonds. The molecule has 1 heterocycles. The predicted octanol–water partition coefficient (Wildman–Crippen LogP) is 2.47. The molecule has 2 N–H and O–H groups in total. The first-order valence-electron chi connectivity index (χ1n) is 7.58. The van der Waals surface area contributed by atoms with Gasteiger partial charge in [-0.25, -0.2) is 0 Å². The van der Waals surface area contributed by atoms with E-state index < -0.39 is 5.60 Å². The highest BCUT2D eigenvalue weighted by atomic mass is 16.5. The van der Waals surface area contributed by atoms with Crippen molar-refractivity contribution in [3.63, 3.8) is 0 Å². The fourth-order valence-corrected chi connectivity index (χ4v) is 3.70. The molecule has 4 atom stereocenters. The monoisotopic (exact) mass is 255 g/mol. The number of aliphatic hydroxyl groups is 1. The molecular weight excluding hydrogens is 226 g/mol. The molecular formula is C15H29NO2. The van der Waals surface area contributed by atoms with Crippen molar-refractivity contribution in [3.05, 3.63) is 0 Å². The Morgan fingerprint density at radius 1 is 1.22 bits per heavy atom. The lowest BCUT2D eigenvalue weighted by Gasteiger charge is -2.39. The van der Waals surface area contributed by atoms with Crippen LogP contribution in [0.5, 0.6) is 0 Å². The van der Waals surface area contributed by atoms with Crippen LogP contribution >= 0.6 is 0 Å². The van der Waals surface area contributed by atoms with Gasteiger partial charge in [0.2, 0.25) is 0 Å². The van der Waals surface area contributed by atoms with E-state index in [1.807, 2.05) is 0 Å². The van der Waals surface area contributed by atoms with Crippen molar-refractivity contribution >= 4 is 0 Å². The standard InChI is InChI=1S/C15H29NO2/c1-11-5-4-6-15(17,9-11)10-16-14-7-12(2)18-13(3)8-14/h11-14,16-17H,4-10H2,1-3H3. The van der Waals surface area contributed by atoms with Gasteiger partial charge in [-0.15, -0.1) is 0 Å². The second kappa shape index (κ2) is 5.89. The van der Waals surface area contributed by atoms with E-state index in [-0.39, 0.29) is 0 Å². The zero-order valence-electron chi connectivity index (χ0n) is 12.1. The van der Waals surface area contributed by atoms with Crippen LogP contribution in [-0.2, 0) is 4.74 Å². The molecule has 0 aromatic rings. The van der Waals surface area contributed by atoms with Crippen LogP contribution in [0, 0.1) is 5.92 Å².